The van der Waals surface area contributed by atoms with Gasteiger partial charge in [0.15, 0.2) is 0 Å². The monoisotopic (exact) mass is 254 g/mol. The van der Waals surface area contributed by atoms with E-state index in [0.717, 1.165) is 11.8 Å². The first-order chi connectivity index (χ1) is 9.08. The van der Waals surface area contributed by atoms with Crippen molar-refractivity contribution in [1.29, 1.82) is 0 Å². The molecule has 2 aliphatic rings. The van der Waals surface area contributed by atoms with Gasteiger partial charge in [0.05, 0.1) is 0 Å². The van der Waals surface area contributed by atoms with Crippen molar-refractivity contribution in [3.63, 3.8) is 0 Å². The van der Waals surface area contributed by atoms with Crippen molar-refractivity contribution in [3.8, 4) is 0 Å². The van der Waals surface area contributed by atoms with Crippen molar-refractivity contribution >= 4 is 5.57 Å². The Morgan fingerprint density at radius 1 is 0.947 bits per heavy atom. The van der Waals surface area contributed by atoms with Gasteiger partial charge in [-0.1, -0.05) is 37.5 Å². The molecule has 0 aromatic heterocycles. The van der Waals surface area contributed by atoms with Crippen molar-refractivity contribution in [3.05, 3.63) is 40.0 Å². The molecule has 3 rings (SSSR count). The predicted octanol–water partition coefficient (Wildman–Crippen LogP) is 5.64. The van der Waals surface area contributed by atoms with Gasteiger partial charge in [0, 0.05) is 0 Å². The molecule has 0 aliphatic heterocycles. The quantitative estimate of drug-likeness (QED) is 0.608. The lowest BCUT2D eigenvalue weighted by molar-refractivity contribution is 0.347. The summed E-state index contributed by atoms with van der Waals surface area (Å²) >= 11 is 0. The van der Waals surface area contributed by atoms with Gasteiger partial charge in [0.1, 0.15) is 0 Å². The number of rotatable bonds is 1. The molecular formula is C19H26. The van der Waals surface area contributed by atoms with Gasteiger partial charge in [-0.05, 0) is 79.7 Å². The van der Waals surface area contributed by atoms with Crippen LogP contribution in [0.3, 0.4) is 0 Å². The lowest BCUT2D eigenvalue weighted by Crippen LogP contribution is -2.12. The zero-order chi connectivity index (χ0) is 13.6. The Labute approximate surface area is 117 Å². The van der Waals surface area contributed by atoms with E-state index in [9.17, 15) is 0 Å². The fourth-order valence-electron chi connectivity index (χ4n) is 3.96. The molecule has 0 saturated heterocycles. The fourth-order valence-corrected chi connectivity index (χ4v) is 3.96. The van der Waals surface area contributed by atoms with Crippen LogP contribution in [0.15, 0.2) is 17.7 Å². The average molecular weight is 254 g/mol. The van der Waals surface area contributed by atoms with Crippen molar-refractivity contribution < 1.29 is 0 Å². The maximum Gasteiger partial charge on any atom is -0.00552 e. The minimum Gasteiger partial charge on any atom is -0.0654 e. The third-order valence-electron chi connectivity index (χ3n) is 5.49. The molecule has 0 bridgehead atoms. The van der Waals surface area contributed by atoms with Gasteiger partial charge in [-0.15, -0.1) is 0 Å². The molecule has 0 unspecified atom stereocenters. The molecule has 0 N–H and O–H groups in total. The van der Waals surface area contributed by atoms with Gasteiger partial charge in [0.25, 0.3) is 0 Å². The zero-order valence-corrected chi connectivity index (χ0v) is 12.8. The Balaban J connectivity index is 2.02. The Kier molecular flexibility index (Phi) is 3.28. The highest BCUT2D eigenvalue weighted by Gasteiger charge is 2.27. The van der Waals surface area contributed by atoms with Gasteiger partial charge >= 0.3 is 0 Å². The van der Waals surface area contributed by atoms with Gasteiger partial charge in [0.2, 0.25) is 0 Å². The smallest absolute Gasteiger partial charge is 0.00552 e. The van der Waals surface area contributed by atoms with Crippen LogP contribution in [-0.2, 0) is 6.42 Å². The molecule has 1 aromatic carbocycles. The first-order valence-corrected chi connectivity index (χ1v) is 7.87. The van der Waals surface area contributed by atoms with Gasteiger partial charge in [-0.25, -0.2) is 0 Å². The number of hydrogen-bond acceptors (Lipinski definition) is 0. The largest absolute Gasteiger partial charge is 0.0654 e. The van der Waals surface area contributed by atoms with Gasteiger partial charge in [-0.3, -0.25) is 0 Å². The highest BCUT2D eigenvalue weighted by atomic mass is 14.3. The summed E-state index contributed by atoms with van der Waals surface area (Å²) in [5, 5.41) is 0. The third-order valence-corrected chi connectivity index (χ3v) is 5.49. The SMILES string of the molecule is CC1=C(C)c2c(C3CCC(C)CC3)ccc(C)c2C1. The molecule has 0 nitrogen and oxygen atoms in total. The van der Waals surface area contributed by atoms with Crippen LogP contribution in [0.1, 0.15) is 74.6 Å². The van der Waals surface area contributed by atoms with Crippen molar-refractivity contribution in [2.75, 3.05) is 0 Å². The van der Waals surface area contributed by atoms with Gasteiger partial charge in [-0.2, -0.15) is 0 Å². The summed E-state index contributed by atoms with van der Waals surface area (Å²) in [5.74, 6) is 1.75. The fraction of sp³-hybridized carbons (Fsp3) is 0.579. The van der Waals surface area contributed by atoms with Crippen molar-refractivity contribution in [1.82, 2.24) is 0 Å². The van der Waals surface area contributed by atoms with Crippen LogP contribution in [0.5, 0.6) is 0 Å². The highest BCUT2D eigenvalue weighted by Crippen LogP contribution is 2.43. The Morgan fingerprint density at radius 2 is 1.63 bits per heavy atom. The van der Waals surface area contributed by atoms with Crippen LogP contribution in [0.2, 0.25) is 0 Å². The van der Waals surface area contributed by atoms with Crippen LogP contribution in [0, 0.1) is 12.8 Å². The van der Waals surface area contributed by atoms with E-state index in [0.29, 0.717) is 0 Å². The molecular weight excluding hydrogens is 228 g/mol. The average Bonchev–Trinajstić information content (AvgIpc) is 2.70. The number of hydrogen-bond donors (Lipinski definition) is 0. The zero-order valence-electron chi connectivity index (χ0n) is 12.8. The molecule has 102 valence electrons. The highest BCUT2D eigenvalue weighted by molar-refractivity contribution is 5.78. The number of allylic oxidation sites excluding steroid dienone is 2. The van der Waals surface area contributed by atoms with Crippen LogP contribution in [0.25, 0.3) is 5.57 Å². The lowest BCUT2D eigenvalue weighted by atomic mass is 9.76. The second-order valence-electron chi connectivity index (χ2n) is 6.86. The molecule has 0 amide bonds. The summed E-state index contributed by atoms with van der Waals surface area (Å²) in [6, 6.07) is 4.79. The van der Waals surface area contributed by atoms with Crippen LogP contribution >= 0.6 is 0 Å². The third kappa shape index (κ3) is 2.16. The summed E-state index contributed by atoms with van der Waals surface area (Å²) in [6.45, 7) is 9.32. The Morgan fingerprint density at radius 3 is 2.32 bits per heavy atom. The molecule has 0 heteroatoms. The van der Waals surface area contributed by atoms with Crippen LogP contribution < -0.4 is 0 Å². The van der Waals surface area contributed by atoms with Gasteiger partial charge < -0.3 is 0 Å². The van der Waals surface area contributed by atoms with E-state index in [4.69, 9.17) is 0 Å². The van der Waals surface area contributed by atoms with E-state index >= 15 is 0 Å². The van der Waals surface area contributed by atoms with E-state index in [1.165, 1.54) is 37.7 Å². The summed E-state index contributed by atoms with van der Waals surface area (Å²) < 4.78 is 0. The maximum atomic E-state index is 2.43. The Hall–Kier alpha value is -1.04. The molecule has 0 atom stereocenters. The Bertz CT molecular complexity index is 525. The number of benzene rings is 1. The molecule has 19 heavy (non-hydrogen) atoms. The van der Waals surface area contributed by atoms with Crippen molar-refractivity contribution in [2.24, 2.45) is 5.92 Å². The first kappa shape index (κ1) is 13.0. The minimum absolute atomic E-state index is 0.811. The molecule has 2 aliphatic carbocycles. The molecule has 1 aromatic rings. The van der Waals surface area contributed by atoms with Crippen LogP contribution in [0.4, 0.5) is 0 Å². The topological polar surface area (TPSA) is 0 Å². The first-order valence-electron chi connectivity index (χ1n) is 7.87. The lowest BCUT2D eigenvalue weighted by Gasteiger charge is -2.28. The van der Waals surface area contributed by atoms with E-state index in [-0.39, 0.29) is 0 Å². The summed E-state index contributed by atoms with van der Waals surface area (Å²) in [7, 11) is 0. The normalized spacial score (nSPS) is 26.7. The maximum absolute atomic E-state index is 2.43. The van der Waals surface area contributed by atoms with Crippen molar-refractivity contribution in [2.45, 2.75) is 65.7 Å². The second-order valence-corrected chi connectivity index (χ2v) is 6.86. The van der Waals surface area contributed by atoms with E-state index < -0.39 is 0 Å². The summed E-state index contributed by atoms with van der Waals surface area (Å²) in [5.41, 5.74) is 9.52. The van der Waals surface area contributed by atoms with E-state index in [1.807, 2.05) is 0 Å². The molecule has 1 fully saturated rings. The minimum atomic E-state index is 0.811. The predicted molar refractivity (Wildman–Crippen MR) is 83.5 cm³/mol. The van der Waals surface area contributed by atoms with E-state index in [1.54, 1.807) is 27.8 Å². The molecule has 0 spiro atoms. The summed E-state index contributed by atoms with van der Waals surface area (Å²) in [4.78, 5) is 0. The molecule has 0 radical (unpaired) electrons. The standard InChI is InChI=1S/C19H26/c1-12-5-8-16(9-6-12)17-10-7-13(2)18-11-14(3)15(4)19(17)18/h7,10,12,16H,5-6,8-9,11H2,1-4H3. The number of aryl methyl sites for hydroxylation is 1. The summed E-state index contributed by atoms with van der Waals surface area (Å²) in [6.07, 6.45) is 6.79. The van der Waals surface area contributed by atoms with E-state index in [2.05, 4.69) is 39.8 Å². The molecule has 0 heterocycles. The molecule has 1 saturated carbocycles. The number of fused-ring (bicyclic) bond motifs is 1. The van der Waals surface area contributed by atoms with Crippen LogP contribution in [-0.4, -0.2) is 0 Å². The second kappa shape index (κ2) is 4.81.